The van der Waals surface area contributed by atoms with E-state index in [4.69, 9.17) is 30.4 Å². The lowest BCUT2D eigenvalue weighted by atomic mass is 10.0. The number of nitrogens with two attached hydrogens (primary N) is 2. The number of aromatic nitrogens is 2. The summed E-state index contributed by atoms with van der Waals surface area (Å²) < 4.78 is 28.5. The molecule has 0 aliphatic rings. The van der Waals surface area contributed by atoms with Gasteiger partial charge in [0, 0.05) is 10.8 Å². The Morgan fingerprint density at radius 1 is 1.54 bits per heavy atom. The van der Waals surface area contributed by atoms with E-state index >= 15 is 0 Å². The highest BCUT2D eigenvalue weighted by atomic mass is 33.1. The van der Waals surface area contributed by atoms with Gasteiger partial charge < -0.3 is 20.9 Å². The van der Waals surface area contributed by atoms with Crippen LogP contribution in [0.1, 0.15) is 19.4 Å². The van der Waals surface area contributed by atoms with Crippen molar-refractivity contribution in [2.75, 3.05) is 31.1 Å². The average Bonchev–Trinajstić information content (AvgIpc) is 2.65. The van der Waals surface area contributed by atoms with Crippen LogP contribution in [0.4, 0.5) is 5.82 Å². The summed E-state index contributed by atoms with van der Waals surface area (Å²) >= 11 is 0. The normalized spacial score (nSPS) is 14.7. The van der Waals surface area contributed by atoms with Crippen molar-refractivity contribution in [2.24, 2.45) is 5.73 Å². The highest BCUT2D eigenvalue weighted by molar-refractivity contribution is 8.76. The SMILES string of the molecule is CSSCOC(C)C(C)(CO[P+](=O)O)OCn1cc(C#CCN)c(N)nc1=O. The van der Waals surface area contributed by atoms with Crippen molar-refractivity contribution in [3.05, 3.63) is 22.2 Å². The van der Waals surface area contributed by atoms with Crippen LogP contribution in [-0.2, 0) is 25.3 Å². The van der Waals surface area contributed by atoms with Crippen LogP contribution in [0.5, 0.6) is 0 Å². The largest absolute Gasteiger partial charge is 0.694 e. The fourth-order valence-corrected chi connectivity index (χ4v) is 3.05. The van der Waals surface area contributed by atoms with E-state index < -0.39 is 25.6 Å². The first-order chi connectivity index (χ1) is 13.2. The van der Waals surface area contributed by atoms with Crippen molar-refractivity contribution in [3.8, 4) is 11.8 Å². The van der Waals surface area contributed by atoms with Gasteiger partial charge in [-0.05, 0) is 20.1 Å². The Labute approximate surface area is 172 Å². The minimum absolute atomic E-state index is 0.00337. The van der Waals surface area contributed by atoms with E-state index in [2.05, 4.69) is 16.8 Å². The molecule has 0 saturated heterocycles. The van der Waals surface area contributed by atoms with E-state index in [0.717, 1.165) is 0 Å². The van der Waals surface area contributed by atoms with Crippen LogP contribution in [-0.4, -0.2) is 51.5 Å². The van der Waals surface area contributed by atoms with Crippen molar-refractivity contribution in [1.29, 1.82) is 0 Å². The Bertz CT molecular complexity index is 784. The van der Waals surface area contributed by atoms with Gasteiger partial charge in [-0.1, -0.05) is 33.4 Å². The van der Waals surface area contributed by atoms with E-state index in [1.807, 2.05) is 6.26 Å². The predicted octanol–water partition coefficient (Wildman–Crippen LogP) is 0.909. The van der Waals surface area contributed by atoms with Crippen molar-refractivity contribution >= 4 is 35.7 Å². The summed E-state index contributed by atoms with van der Waals surface area (Å²) in [6, 6.07) is 0. The van der Waals surface area contributed by atoms with E-state index in [1.165, 1.54) is 32.4 Å². The smallest absolute Gasteiger partial charge is 0.382 e. The van der Waals surface area contributed by atoms with Gasteiger partial charge in [0.05, 0.1) is 18.2 Å². The van der Waals surface area contributed by atoms with Crippen LogP contribution in [0.15, 0.2) is 11.0 Å². The molecule has 0 aromatic carbocycles. The number of rotatable bonds is 11. The predicted molar refractivity (Wildman–Crippen MR) is 111 cm³/mol. The number of nitrogens with zero attached hydrogens (tertiary/aromatic N) is 2. The topological polar surface area (TPSA) is 152 Å². The third kappa shape index (κ3) is 8.06. The summed E-state index contributed by atoms with van der Waals surface area (Å²) in [5.41, 5.74) is 9.64. The van der Waals surface area contributed by atoms with Gasteiger partial charge in [-0.3, -0.25) is 4.57 Å². The lowest BCUT2D eigenvalue weighted by molar-refractivity contribution is -0.160. The van der Waals surface area contributed by atoms with Crippen molar-refractivity contribution < 1.29 is 23.5 Å². The Kier molecular flexibility index (Phi) is 11.0. The van der Waals surface area contributed by atoms with Crippen LogP contribution in [0.25, 0.3) is 0 Å². The van der Waals surface area contributed by atoms with Gasteiger partial charge in [-0.25, -0.2) is 4.79 Å². The van der Waals surface area contributed by atoms with Gasteiger partial charge in [-0.15, -0.1) is 9.42 Å². The summed E-state index contributed by atoms with van der Waals surface area (Å²) in [5.74, 6) is 5.75. The van der Waals surface area contributed by atoms with Gasteiger partial charge in [0.1, 0.15) is 30.7 Å². The first kappa shape index (κ1) is 24.9. The molecule has 3 atom stereocenters. The molecule has 0 fully saturated rings. The Balaban J connectivity index is 3.00. The molecule has 5 N–H and O–H groups in total. The highest BCUT2D eigenvalue weighted by Crippen LogP contribution is 2.27. The van der Waals surface area contributed by atoms with Crippen molar-refractivity contribution in [2.45, 2.75) is 32.3 Å². The third-order valence-corrected chi connectivity index (χ3v) is 5.50. The minimum atomic E-state index is -2.82. The number of anilines is 1. The Morgan fingerprint density at radius 2 is 2.25 bits per heavy atom. The van der Waals surface area contributed by atoms with Gasteiger partial charge in [0.15, 0.2) is 0 Å². The standard InChI is InChI=1S/C15H23N4O6PS2/c1-11(23-10-28-27-3)15(2,8-25-26(21)22)24-9-19-7-12(5-4-6-16)13(17)18-14(19)20/h7,11H,6,8-10,16H2,1-3H3,(H2-,17,18,20,21,22)/p+1. The Morgan fingerprint density at radius 3 is 2.86 bits per heavy atom. The number of nitrogen functional groups attached to an aromatic ring is 1. The maximum atomic E-state index is 12.1. The molecule has 10 nitrogen and oxygen atoms in total. The fourth-order valence-electron chi connectivity index (χ4n) is 1.87. The Hall–Kier alpha value is -1.16. The maximum Gasteiger partial charge on any atom is 0.694 e. The van der Waals surface area contributed by atoms with Gasteiger partial charge in [0.2, 0.25) is 0 Å². The molecule has 156 valence electrons. The second-order valence-corrected chi connectivity index (χ2v) is 8.85. The van der Waals surface area contributed by atoms with Gasteiger partial charge >= 0.3 is 13.9 Å². The number of ether oxygens (including phenoxy) is 2. The van der Waals surface area contributed by atoms with Crippen LogP contribution in [0, 0.1) is 11.8 Å². The molecule has 28 heavy (non-hydrogen) atoms. The molecule has 1 rings (SSSR count). The maximum absolute atomic E-state index is 12.1. The molecule has 0 aliphatic heterocycles. The summed E-state index contributed by atoms with van der Waals surface area (Å²) in [4.78, 5) is 24.8. The van der Waals surface area contributed by atoms with Crippen LogP contribution in [0.2, 0.25) is 0 Å². The molecule has 0 saturated carbocycles. The molecule has 3 unspecified atom stereocenters. The van der Waals surface area contributed by atoms with Crippen molar-refractivity contribution in [1.82, 2.24) is 9.55 Å². The first-order valence-electron chi connectivity index (χ1n) is 7.99. The second kappa shape index (κ2) is 12.4. The van der Waals surface area contributed by atoms with Crippen LogP contribution in [0.3, 0.4) is 0 Å². The molecule has 13 heteroatoms. The van der Waals surface area contributed by atoms with Crippen molar-refractivity contribution in [3.63, 3.8) is 0 Å². The van der Waals surface area contributed by atoms with E-state index in [-0.39, 0.29) is 25.7 Å². The van der Waals surface area contributed by atoms with Crippen LogP contribution >= 0.6 is 29.8 Å². The first-order valence-corrected chi connectivity index (χ1v) is 11.9. The summed E-state index contributed by atoms with van der Waals surface area (Å²) in [5, 5.41) is 0. The molecule has 1 heterocycles. The molecular formula is C15H24N4O6PS2+. The lowest BCUT2D eigenvalue weighted by Gasteiger charge is -2.33. The zero-order valence-electron chi connectivity index (χ0n) is 15.8. The number of hydrogen-bond donors (Lipinski definition) is 3. The van der Waals surface area contributed by atoms with E-state index in [1.54, 1.807) is 13.8 Å². The zero-order chi connectivity index (χ0) is 21.2. The summed E-state index contributed by atoms with van der Waals surface area (Å²) in [6.07, 6.45) is 2.83. The van der Waals surface area contributed by atoms with Crippen LogP contribution < -0.4 is 17.2 Å². The molecule has 1 aromatic heterocycles. The molecular weight excluding hydrogens is 427 g/mol. The highest BCUT2D eigenvalue weighted by Gasteiger charge is 2.37. The lowest BCUT2D eigenvalue weighted by Crippen LogP contribution is -2.46. The third-order valence-electron chi connectivity index (χ3n) is 3.69. The molecule has 0 bridgehead atoms. The average molecular weight is 451 g/mol. The molecule has 1 aromatic rings. The molecule has 0 amide bonds. The molecule has 0 spiro atoms. The quantitative estimate of drug-likeness (QED) is 0.145. The minimum Gasteiger partial charge on any atom is -0.382 e. The second-order valence-electron chi connectivity index (χ2n) is 5.61. The number of hydrogen-bond acceptors (Lipinski definition) is 10. The zero-order valence-corrected chi connectivity index (χ0v) is 18.3. The summed E-state index contributed by atoms with van der Waals surface area (Å²) in [6.45, 7) is 3.10. The fraction of sp³-hybridized carbons (Fsp3) is 0.600. The summed E-state index contributed by atoms with van der Waals surface area (Å²) in [7, 11) is 0.215. The van der Waals surface area contributed by atoms with E-state index in [0.29, 0.717) is 11.5 Å². The van der Waals surface area contributed by atoms with Gasteiger partial charge in [0.25, 0.3) is 0 Å². The molecule has 0 aliphatic carbocycles. The van der Waals surface area contributed by atoms with E-state index in [9.17, 15) is 9.36 Å². The van der Waals surface area contributed by atoms with Gasteiger partial charge in [-0.2, -0.15) is 4.98 Å². The molecule has 0 radical (unpaired) electrons. The monoisotopic (exact) mass is 451 g/mol.